The molecule has 1 aromatic carbocycles. The minimum atomic E-state index is 0.473. The van der Waals surface area contributed by atoms with Gasteiger partial charge in [0.2, 0.25) is 5.95 Å². The van der Waals surface area contributed by atoms with Crippen molar-refractivity contribution in [3.8, 4) is 0 Å². The predicted molar refractivity (Wildman–Crippen MR) is 114 cm³/mol. The van der Waals surface area contributed by atoms with Crippen molar-refractivity contribution < 1.29 is 0 Å². The van der Waals surface area contributed by atoms with Crippen LogP contribution in [-0.2, 0) is 13.0 Å². The van der Waals surface area contributed by atoms with E-state index in [4.69, 9.17) is 10.7 Å². The third-order valence-electron chi connectivity index (χ3n) is 5.56. The number of likely N-dealkylation sites (tertiary alicyclic amines) is 1. The molecule has 2 aromatic heterocycles. The van der Waals surface area contributed by atoms with Crippen LogP contribution in [0.1, 0.15) is 25.0 Å². The van der Waals surface area contributed by atoms with Crippen molar-refractivity contribution in [2.24, 2.45) is 5.73 Å². The van der Waals surface area contributed by atoms with Gasteiger partial charge in [0.1, 0.15) is 0 Å². The van der Waals surface area contributed by atoms with Crippen molar-refractivity contribution in [1.82, 2.24) is 19.4 Å². The van der Waals surface area contributed by atoms with Crippen molar-refractivity contribution in [2.75, 3.05) is 31.5 Å². The number of hydrogen-bond acceptors (Lipinski definition) is 5. The molecule has 1 fully saturated rings. The molecule has 0 atom stereocenters. The number of nitrogens with zero attached hydrogens (tertiary/aromatic N) is 4. The highest BCUT2D eigenvalue weighted by Crippen LogP contribution is 2.23. The van der Waals surface area contributed by atoms with E-state index in [9.17, 15) is 0 Å². The fourth-order valence-corrected chi connectivity index (χ4v) is 4.04. The molecule has 0 saturated carbocycles. The van der Waals surface area contributed by atoms with Gasteiger partial charge in [0.05, 0.1) is 11.0 Å². The number of para-hydroxylation sites is 2. The molecule has 3 N–H and O–H groups in total. The van der Waals surface area contributed by atoms with Crippen LogP contribution in [0.3, 0.4) is 0 Å². The molecular weight excluding hydrogens is 348 g/mol. The zero-order valence-electron chi connectivity index (χ0n) is 16.4. The molecule has 28 heavy (non-hydrogen) atoms. The molecule has 0 radical (unpaired) electrons. The maximum absolute atomic E-state index is 5.69. The predicted octanol–water partition coefficient (Wildman–Crippen LogP) is 2.90. The van der Waals surface area contributed by atoms with Crippen molar-refractivity contribution >= 4 is 17.0 Å². The average molecular weight is 379 g/mol. The number of piperidine rings is 1. The standard InChI is InChI=1S/C22H30N6/c23-12-17-27-15-10-19(11-16-27)25-22-26-20-8-1-2-9-21(20)28(22)14-5-7-18-6-3-4-13-24-18/h1-4,6,8-9,13,19H,5,7,10-12,14-17,23H2,(H,25,26). The Kier molecular flexibility index (Phi) is 6.19. The maximum atomic E-state index is 5.69. The summed E-state index contributed by atoms with van der Waals surface area (Å²) in [5.74, 6) is 1.000. The van der Waals surface area contributed by atoms with Gasteiger partial charge in [-0.05, 0) is 49.9 Å². The van der Waals surface area contributed by atoms with Gasteiger partial charge in [0.25, 0.3) is 0 Å². The number of imidazole rings is 1. The summed E-state index contributed by atoms with van der Waals surface area (Å²) in [7, 11) is 0. The van der Waals surface area contributed by atoms with Crippen LogP contribution in [0.25, 0.3) is 11.0 Å². The van der Waals surface area contributed by atoms with Crippen LogP contribution in [0.5, 0.6) is 0 Å². The number of benzene rings is 1. The summed E-state index contributed by atoms with van der Waals surface area (Å²) >= 11 is 0. The second-order valence-corrected chi connectivity index (χ2v) is 7.55. The van der Waals surface area contributed by atoms with E-state index in [0.717, 1.165) is 75.6 Å². The first-order valence-electron chi connectivity index (χ1n) is 10.4. The molecule has 0 aliphatic carbocycles. The summed E-state index contributed by atoms with van der Waals surface area (Å²) in [6.07, 6.45) is 6.16. The second kappa shape index (κ2) is 9.17. The van der Waals surface area contributed by atoms with Gasteiger partial charge in [-0.1, -0.05) is 18.2 Å². The number of nitrogens with one attached hydrogen (secondary N) is 1. The topological polar surface area (TPSA) is 72.0 Å². The summed E-state index contributed by atoms with van der Waals surface area (Å²) in [5, 5.41) is 3.73. The Morgan fingerprint density at radius 2 is 1.86 bits per heavy atom. The van der Waals surface area contributed by atoms with Crippen LogP contribution >= 0.6 is 0 Å². The summed E-state index contributed by atoms with van der Waals surface area (Å²) in [6.45, 7) is 4.89. The molecule has 4 rings (SSSR count). The second-order valence-electron chi connectivity index (χ2n) is 7.55. The fraction of sp³-hybridized carbons (Fsp3) is 0.455. The lowest BCUT2D eigenvalue weighted by atomic mass is 10.1. The van der Waals surface area contributed by atoms with E-state index in [2.05, 4.69) is 56.2 Å². The summed E-state index contributed by atoms with van der Waals surface area (Å²) in [6, 6.07) is 15.0. The zero-order valence-corrected chi connectivity index (χ0v) is 16.4. The highest BCUT2D eigenvalue weighted by atomic mass is 15.2. The lowest BCUT2D eigenvalue weighted by Crippen LogP contribution is -2.41. The normalized spacial score (nSPS) is 15.9. The summed E-state index contributed by atoms with van der Waals surface area (Å²) in [4.78, 5) is 11.8. The Labute approximate surface area is 166 Å². The molecule has 3 aromatic rings. The van der Waals surface area contributed by atoms with E-state index in [0.29, 0.717) is 6.04 Å². The quantitative estimate of drug-likeness (QED) is 0.631. The molecular formula is C22H30N6. The summed E-state index contributed by atoms with van der Waals surface area (Å²) < 4.78 is 2.34. The lowest BCUT2D eigenvalue weighted by Gasteiger charge is -2.32. The molecule has 1 aliphatic rings. The highest BCUT2D eigenvalue weighted by Gasteiger charge is 2.20. The van der Waals surface area contributed by atoms with Crippen LogP contribution in [0.2, 0.25) is 0 Å². The Balaban J connectivity index is 1.44. The molecule has 0 amide bonds. The van der Waals surface area contributed by atoms with Gasteiger partial charge < -0.3 is 20.5 Å². The van der Waals surface area contributed by atoms with Crippen LogP contribution in [0, 0.1) is 0 Å². The number of rotatable bonds is 8. The first-order chi connectivity index (χ1) is 13.8. The van der Waals surface area contributed by atoms with Crippen LogP contribution in [0.4, 0.5) is 5.95 Å². The largest absolute Gasteiger partial charge is 0.353 e. The Morgan fingerprint density at radius 3 is 2.64 bits per heavy atom. The highest BCUT2D eigenvalue weighted by molar-refractivity contribution is 5.78. The third kappa shape index (κ3) is 4.51. The molecule has 1 saturated heterocycles. The Morgan fingerprint density at radius 1 is 1.04 bits per heavy atom. The van der Waals surface area contributed by atoms with Gasteiger partial charge in [-0.25, -0.2) is 4.98 Å². The van der Waals surface area contributed by atoms with Gasteiger partial charge in [-0.15, -0.1) is 0 Å². The van der Waals surface area contributed by atoms with E-state index in [-0.39, 0.29) is 0 Å². The first-order valence-corrected chi connectivity index (χ1v) is 10.4. The molecule has 6 heteroatoms. The molecule has 0 spiro atoms. The number of hydrogen-bond donors (Lipinski definition) is 2. The monoisotopic (exact) mass is 378 g/mol. The van der Waals surface area contributed by atoms with Gasteiger partial charge in [-0.3, -0.25) is 4.98 Å². The lowest BCUT2D eigenvalue weighted by molar-refractivity contribution is 0.224. The minimum Gasteiger partial charge on any atom is -0.353 e. The first kappa shape index (κ1) is 18.9. The Bertz CT molecular complexity index is 867. The number of pyridine rings is 1. The van der Waals surface area contributed by atoms with Crippen molar-refractivity contribution in [3.05, 3.63) is 54.4 Å². The smallest absolute Gasteiger partial charge is 0.204 e. The van der Waals surface area contributed by atoms with Gasteiger partial charge in [0.15, 0.2) is 0 Å². The van der Waals surface area contributed by atoms with E-state index >= 15 is 0 Å². The molecule has 148 valence electrons. The van der Waals surface area contributed by atoms with E-state index < -0.39 is 0 Å². The number of fused-ring (bicyclic) bond motifs is 1. The van der Waals surface area contributed by atoms with Gasteiger partial charge in [0, 0.05) is 50.7 Å². The van der Waals surface area contributed by atoms with Crippen molar-refractivity contribution in [2.45, 2.75) is 38.3 Å². The van der Waals surface area contributed by atoms with Crippen LogP contribution in [0.15, 0.2) is 48.7 Å². The summed E-state index contributed by atoms with van der Waals surface area (Å²) in [5.41, 5.74) is 9.10. The molecule has 1 aliphatic heterocycles. The number of aryl methyl sites for hydroxylation is 2. The Hall–Kier alpha value is -2.44. The molecule has 0 bridgehead atoms. The zero-order chi connectivity index (χ0) is 19.2. The van der Waals surface area contributed by atoms with Gasteiger partial charge >= 0.3 is 0 Å². The van der Waals surface area contributed by atoms with Gasteiger partial charge in [-0.2, -0.15) is 0 Å². The van der Waals surface area contributed by atoms with E-state index in [1.165, 1.54) is 5.52 Å². The average Bonchev–Trinajstić information content (AvgIpc) is 3.08. The van der Waals surface area contributed by atoms with Crippen molar-refractivity contribution in [3.63, 3.8) is 0 Å². The van der Waals surface area contributed by atoms with Crippen LogP contribution in [-0.4, -0.2) is 51.7 Å². The minimum absolute atomic E-state index is 0.473. The van der Waals surface area contributed by atoms with Crippen LogP contribution < -0.4 is 11.1 Å². The number of nitrogens with two attached hydrogens (primary N) is 1. The molecule has 6 nitrogen and oxygen atoms in total. The number of anilines is 1. The maximum Gasteiger partial charge on any atom is 0.204 e. The molecule has 3 heterocycles. The fourth-order valence-electron chi connectivity index (χ4n) is 4.04. The van der Waals surface area contributed by atoms with E-state index in [1.807, 2.05) is 12.3 Å². The number of aromatic nitrogens is 3. The molecule has 0 unspecified atom stereocenters. The third-order valence-corrected chi connectivity index (χ3v) is 5.56. The van der Waals surface area contributed by atoms with Crippen molar-refractivity contribution in [1.29, 1.82) is 0 Å². The SMILES string of the molecule is NCCN1CCC(Nc2nc3ccccc3n2CCCc2ccccn2)CC1. The van der Waals surface area contributed by atoms with E-state index in [1.54, 1.807) is 0 Å².